The first-order valence-corrected chi connectivity index (χ1v) is 30.1. The number of thiazole rings is 1. The molecule has 0 saturated carbocycles. The Balaban J connectivity index is 0.906. The number of nitrogens with one attached hydrogen (secondary N) is 1. The molecule has 0 spiro atoms. The standard InChI is InChI=1S/C55H98N4O19S2/c1-54(2,3)48-44-56-49(77-48)46-79-51-45-57-53(80-51)58-52(61)47-9-11-59(12-10-47)13-15-63-17-19-65-21-23-67-25-27-69-29-31-71-33-35-73-37-39-75-41-43-76-42-40-74-38-36-72-34-32-70-30-28-68-26-24-66-22-20-64-18-16-62-14-7-8-50(60)78-55(4,5)6/h44-45,47H,7-43,46H2,1-6H3,(H,57,58,61). The Hall–Kier alpha value is -2.51. The first-order valence-electron chi connectivity index (χ1n) is 28.3. The van der Waals surface area contributed by atoms with Crippen molar-refractivity contribution in [2.75, 3.05) is 223 Å². The zero-order chi connectivity index (χ0) is 57.5. The Morgan fingerprint density at radius 1 is 0.537 bits per heavy atom. The van der Waals surface area contributed by atoms with E-state index in [9.17, 15) is 9.59 Å². The molecule has 1 amide bonds. The molecule has 1 saturated heterocycles. The van der Waals surface area contributed by atoms with Gasteiger partial charge in [0.25, 0.3) is 0 Å². The van der Waals surface area contributed by atoms with Gasteiger partial charge in [0.1, 0.15) is 11.4 Å². The predicted octanol–water partition coefficient (Wildman–Crippen LogP) is 5.74. The minimum atomic E-state index is -0.458. The molecule has 2 aromatic heterocycles. The van der Waals surface area contributed by atoms with Crippen LogP contribution in [0.3, 0.4) is 0 Å². The zero-order valence-corrected chi connectivity index (χ0v) is 50.6. The lowest BCUT2D eigenvalue weighted by atomic mass is 9.94. The molecule has 25 heteroatoms. The van der Waals surface area contributed by atoms with Crippen LogP contribution in [0.15, 0.2) is 21.0 Å². The van der Waals surface area contributed by atoms with Gasteiger partial charge in [0, 0.05) is 30.9 Å². The summed E-state index contributed by atoms with van der Waals surface area (Å²) in [6.07, 6.45) is 6.18. The molecule has 0 aliphatic carbocycles. The number of amides is 1. The minimum Gasteiger partial charge on any atom is -0.460 e. The van der Waals surface area contributed by atoms with E-state index in [1.54, 1.807) is 24.2 Å². The second-order valence-electron chi connectivity index (χ2n) is 20.1. The maximum atomic E-state index is 12.9. The zero-order valence-electron chi connectivity index (χ0n) is 49.0. The van der Waals surface area contributed by atoms with Crippen molar-refractivity contribution in [3.8, 4) is 0 Å². The lowest BCUT2D eigenvalue weighted by Crippen LogP contribution is -2.39. The number of esters is 1. The summed E-state index contributed by atoms with van der Waals surface area (Å²) in [7, 11) is 0. The highest BCUT2D eigenvalue weighted by molar-refractivity contribution is 8.00. The Morgan fingerprint density at radius 2 is 0.900 bits per heavy atom. The van der Waals surface area contributed by atoms with Crippen molar-refractivity contribution in [2.45, 2.75) is 88.2 Å². The van der Waals surface area contributed by atoms with E-state index in [1.807, 2.05) is 20.8 Å². The number of rotatable bonds is 54. The molecule has 464 valence electrons. The van der Waals surface area contributed by atoms with E-state index in [1.165, 1.54) is 11.3 Å². The predicted molar refractivity (Wildman–Crippen MR) is 302 cm³/mol. The fourth-order valence-electron chi connectivity index (χ4n) is 6.95. The summed E-state index contributed by atoms with van der Waals surface area (Å²) in [4.78, 5) is 35.7. The average Bonchev–Trinajstić information content (AvgIpc) is 4.12. The first kappa shape index (κ1) is 71.8. The van der Waals surface area contributed by atoms with Gasteiger partial charge in [-0.15, -0.1) is 11.8 Å². The average molecular weight is 1180 g/mol. The molecule has 0 radical (unpaired) electrons. The van der Waals surface area contributed by atoms with Crippen LogP contribution in [0, 0.1) is 5.92 Å². The number of oxazole rings is 1. The van der Waals surface area contributed by atoms with Crippen LogP contribution in [0.1, 0.15) is 78.9 Å². The van der Waals surface area contributed by atoms with E-state index < -0.39 is 5.60 Å². The molecular weight excluding hydrogens is 1080 g/mol. The summed E-state index contributed by atoms with van der Waals surface area (Å²) in [5.41, 5.74) is -0.535. The largest absolute Gasteiger partial charge is 0.460 e. The number of anilines is 1. The number of thioether (sulfide) groups is 1. The van der Waals surface area contributed by atoms with Crippen molar-refractivity contribution in [2.24, 2.45) is 5.92 Å². The van der Waals surface area contributed by atoms with Gasteiger partial charge < -0.3 is 90.4 Å². The third-order valence-electron chi connectivity index (χ3n) is 11.2. The first-order chi connectivity index (χ1) is 38.9. The summed E-state index contributed by atoms with van der Waals surface area (Å²) < 4.78 is 95.3. The van der Waals surface area contributed by atoms with Crippen LogP contribution >= 0.6 is 23.1 Å². The van der Waals surface area contributed by atoms with Crippen molar-refractivity contribution < 1.29 is 89.8 Å². The highest BCUT2D eigenvalue weighted by atomic mass is 32.2. The number of aromatic nitrogens is 2. The van der Waals surface area contributed by atoms with E-state index in [0.717, 1.165) is 42.4 Å². The summed E-state index contributed by atoms with van der Waals surface area (Å²) in [5, 5.41) is 3.64. The van der Waals surface area contributed by atoms with Crippen LogP contribution in [0.4, 0.5) is 5.13 Å². The number of carbonyl (C=O) groups is 2. The van der Waals surface area contributed by atoms with Gasteiger partial charge in [-0.1, -0.05) is 32.1 Å². The van der Waals surface area contributed by atoms with Crippen LogP contribution in [0.2, 0.25) is 0 Å². The topological polar surface area (TPSA) is 236 Å². The summed E-state index contributed by atoms with van der Waals surface area (Å²) >= 11 is 3.08. The van der Waals surface area contributed by atoms with Gasteiger partial charge in [-0.2, -0.15) is 0 Å². The fraction of sp³-hybridized carbons (Fsp3) is 0.855. The van der Waals surface area contributed by atoms with E-state index in [-0.39, 0.29) is 23.2 Å². The third-order valence-corrected chi connectivity index (χ3v) is 13.2. The number of likely N-dealkylation sites (tertiary alicyclic amines) is 1. The lowest BCUT2D eigenvalue weighted by Gasteiger charge is -2.30. The molecule has 1 fully saturated rings. The third kappa shape index (κ3) is 41.5. The fourth-order valence-corrected chi connectivity index (χ4v) is 8.68. The molecular formula is C55H98N4O19S2. The van der Waals surface area contributed by atoms with Gasteiger partial charge >= 0.3 is 5.97 Å². The minimum absolute atomic E-state index is 0.0237. The van der Waals surface area contributed by atoms with Crippen molar-refractivity contribution in [1.82, 2.24) is 14.9 Å². The molecule has 3 rings (SSSR count). The van der Waals surface area contributed by atoms with E-state index >= 15 is 0 Å². The van der Waals surface area contributed by atoms with Gasteiger partial charge in [0.2, 0.25) is 11.8 Å². The van der Waals surface area contributed by atoms with Gasteiger partial charge in [0.05, 0.1) is 214 Å². The summed E-state index contributed by atoms with van der Waals surface area (Å²) in [5.74, 6) is 1.97. The van der Waals surface area contributed by atoms with Crippen molar-refractivity contribution in [1.29, 1.82) is 0 Å². The van der Waals surface area contributed by atoms with Gasteiger partial charge in [-0.3, -0.25) is 9.59 Å². The smallest absolute Gasteiger partial charge is 0.306 e. The second kappa shape index (κ2) is 47.8. The Labute approximate surface area is 484 Å². The summed E-state index contributed by atoms with van der Waals surface area (Å²) in [6, 6.07) is 0. The lowest BCUT2D eigenvalue weighted by molar-refractivity contribution is -0.155. The molecule has 1 aliphatic heterocycles. The van der Waals surface area contributed by atoms with E-state index in [4.69, 9.17) is 80.2 Å². The molecule has 1 aliphatic rings. The van der Waals surface area contributed by atoms with Crippen LogP contribution < -0.4 is 5.32 Å². The normalized spacial score (nSPS) is 13.7. The SMILES string of the molecule is CC(C)(C)OC(=O)CCCOCCOCCOCCOCCOCCOCCOCCOCCOCCOCCOCCOCCOCCOCCOCCN1CCC(C(=O)Nc2ncc(SCc3ncc(C(C)(C)C)o3)s2)CC1. The molecule has 1 N–H and O–H groups in total. The molecule has 3 heterocycles. The highest BCUT2D eigenvalue weighted by Gasteiger charge is 2.26. The number of hydrogen-bond acceptors (Lipinski definition) is 24. The summed E-state index contributed by atoms with van der Waals surface area (Å²) in [6.45, 7) is 29.1. The van der Waals surface area contributed by atoms with Crippen LogP contribution in [-0.2, 0) is 96.5 Å². The van der Waals surface area contributed by atoms with Gasteiger partial charge in [-0.25, -0.2) is 9.97 Å². The Kier molecular flexibility index (Phi) is 42.9. The number of ether oxygens (including phenoxy) is 16. The van der Waals surface area contributed by atoms with Crippen LogP contribution in [0.25, 0.3) is 0 Å². The van der Waals surface area contributed by atoms with E-state index in [2.05, 4.69) is 41.0 Å². The molecule has 0 unspecified atom stereocenters. The maximum absolute atomic E-state index is 12.9. The molecule has 80 heavy (non-hydrogen) atoms. The van der Waals surface area contributed by atoms with Gasteiger partial charge in [-0.05, 0) is 53.1 Å². The molecule has 0 atom stereocenters. The maximum Gasteiger partial charge on any atom is 0.306 e. The quantitative estimate of drug-likeness (QED) is 0.0472. The van der Waals surface area contributed by atoms with Crippen molar-refractivity contribution >= 4 is 40.1 Å². The molecule has 0 bridgehead atoms. The molecule has 2 aromatic rings. The number of hydrogen-bond donors (Lipinski definition) is 1. The number of carbonyl (C=O) groups excluding carboxylic acids is 2. The monoisotopic (exact) mass is 1180 g/mol. The Bertz CT molecular complexity index is 1760. The number of nitrogens with zero attached hydrogens (tertiary/aromatic N) is 3. The van der Waals surface area contributed by atoms with E-state index in [0.29, 0.717) is 228 Å². The number of piperidine rings is 1. The van der Waals surface area contributed by atoms with Gasteiger partial charge in [0.15, 0.2) is 5.13 Å². The highest BCUT2D eigenvalue weighted by Crippen LogP contribution is 2.32. The van der Waals surface area contributed by atoms with Crippen molar-refractivity contribution in [3.05, 3.63) is 24.0 Å². The second-order valence-corrected chi connectivity index (χ2v) is 22.4. The molecule has 0 aromatic carbocycles. The van der Waals surface area contributed by atoms with Crippen molar-refractivity contribution in [3.63, 3.8) is 0 Å². The van der Waals surface area contributed by atoms with Crippen LogP contribution in [-0.4, -0.2) is 250 Å². The molecule has 23 nitrogen and oxygen atoms in total. The Morgan fingerprint density at radius 3 is 1.25 bits per heavy atom. The van der Waals surface area contributed by atoms with Crippen LogP contribution in [0.5, 0.6) is 0 Å².